The molecule has 4 heteroatoms. The Bertz CT molecular complexity index is 839. The highest BCUT2D eigenvalue weighted by Gasteiger charge is 2.39. The van der Waals surface area contributed by atoms with Crippen molar-refractivity contribution in [2.45, 2.75) is 38.6 Å². The number of aryl methyl sites for hydroxylation is 1. The maximum absolute atomic E-state index is 4.68. The van der Waals surface area contributed by atoms with Gasteiger partial charge in [0.05, 0.1) is 16.9 Å². The monoisotopic (exact) mass is 320 g/mol. The van der Waals surface area contributed by atoms with E-state index in [1.807, 2.05) is 17.6 Å². The molecule has 0 saturated carbocycles. The fourth-order valence-corrected chi connectivity index (χ4v) is 3.99. The largest absolute Gasteiger partial charge is 0.292 e. The van der Waals surface area contributed by atoms with Crippen molar-refractivity contribution in [1.29, 1.82) is 0 Å². The van der Waals surface area contributed by atoms with E-state index in [-0.39, 0.29) is 5.54 Å². The molecule has 0 radical (unpaired) electrons. The molecular weight excluding hydrogens is 296 g/mol. The van der Waals surface area contributed by atoms with Crippen LogP contribution in [0.15, 0.2) is 48.7 Å². The minimum Gasteiger partial charge on any atom is -0.292 e. The summed E-state index contributed by atoms with van der Waals surface area (Å²) in [5, 5.41) is 4.68. The molecule has 0 aliphatic carbocycles. The SMILES string of the molecule is Cc1cc2nccc([C@@]3(C)CCCN3CCc3ccccc3)n2n1. The lowest BCUT2D eigenvalue weighted by molar-refractivity contribution is 0.150. The fraction of sp³-hybridized carbons (Fsp3) is 0.400. The third kappa shape index (κ3) is 2.61. The minimum absolute atomic E-state index is 0.0223. The summed E-state index contributed by atoms with van der Waals surface area (Å²) in [6.45, 7) is 6.61. The molecule has 0 amide bonds. The number of rotatable bonds is 4. The van der Waals surface area contributed by atoms with Gasteiger partial charge < -0.3 is 0 Å². The van der Waals surface area contributed by atoms with Gasteiger partial charge in [-0.2, -0.15) is 5.10 Å². The Hall–Kier alpha value is -2.20. The van der Waals surface area contributed by atoms with E-state index in [1.165, 1.54) is 24.1 Å². The van der Waals surface area contributed by atoms with Crippen molar-refractivity contribution in [2.75, 3.05) is 13.1 Å². The Morgan fingerprint density at radius 1 is 1.17 bits per heavy atom. The zero-order valence-electron chi connectivity index (χ0n) is 14.4. The molecule has 3 heterocycles. The Kier molecular flexibility index (Phi) is 3.85. The standard InChI is InChI=1S/C20H24N4/c1-16-15-19-21-12-9-18(24(19)22-16)20(2)11-6-13-23(20)14-10-17-7-4-3-5-8-17/h3-5,7-9,12,15H,6,10-11,13-14H2,1-2H3/t20-/m1/s1. The summed E-state index contributed by atoms with van der Waals surface area (Å²) in [6.07, 6.45) is 5.41. The molecule has 1 aliphatic rings. The molecule has 124 valence electrons. The number of likely N-dealkylation sites (tertiary alicyclic amines) is 1. The van der Waals surface area contributed by atoms with E-state index in [0.717, 1.165) is 30.9 Å². The molecule has 0 N–H and O–H groups in total. The van der Waals surface area contributed by atoms with Crippen LogP contribution in [0.2, 0.25) is 0 Å². The van der Waals surface area contributed by atoms with Gasteiger partial charge in [-0.25, -0.2) is 9.50 Å². The zero-order chi connectivity index (χ0) is 16.6. The lowest BCUT2D eigenvalue weighted by Crippen LogP contribution is -2.41. The van der Waals surface area contributed by atoms with Gasteiger partial charge in [-0.15, -0.1) is 0 Å². The summed E-state index contributed by atoms with van der Waals surface area (Å²) in [5.74, 6) is 0. The lowest BCUT2D eigenvalue weighted by atomic mass is 9.93. The van der Waals surface area contributed by atoms with Crippen molar-refractivity contribution in [1.82, 2.24) is 19.5 Å². The molecule has 1 saturated heterocycles. The molecule has 0 spiro atoms. The number of aromatic nitrogens is 3. The average Bonchev–Trinajstić information content (AvgIpc) is 3.16. The number of hydrogen-bond acceptors (Lipinski definition) is 3. The first-order chi connectivity index (χ1) is 11.7. The molecule has 24 heavy (non-hydrogen) atoms. The first kappa shape index (κ1) is 15.3. The van der Waals surface area contributed by atoms with Crippen LogP contribution in [0.1, 0.15) is 36.7 Å². The topological polar surface area (TPSA) is 33.4 Å². The summed E-state index contributed by atoms with van der Waals surface area (Å²) in [5.41, 5.74) is 4.65. The second-order valence-corrected chi connectivity index (χ2v) is 6.99. The van der Waals surface area contributed by atoms with E-state index < -0.39 is 0 Å². The van der Waals surface area contributed by atoms with Crippen molar-refractivity contribution in [3.63, 3.8) is 0 Å². The van der Waals surface area contributed by atoms with Gasteiger partial charge >= 0.3 is 0 Å². The molecule has 1 aliphatic heterocycles. The highest BCUT2D eigenvalue weighted by Crippen LogP contribution is 2.38. The van der Waals surface area contributed by atoms with Crippen LogP contribution in [-0.4, -0.2) is 32.6 Å². The number of benzene rings is 1. The predicted molar refractivity (Wildman–Crippen MR) is 96.0 cm³/mol. The molecule has 4 rings (SSSR count). The van der Waals surface area contributed by atoms with Gasteiger partial charge in [0.25, 0.3) is 0 Å². The molecule has 1 aromatic carbocycles. The summed E-state index contributed by atoms with van der Waals surface area (Å²) < 4.78 is 2.04. The Morgan fingerprint density at radius 2 is 2.00 bits per heavy atom. The highest BCUT2D eigenvalue weighted by atomic mass is 15.3. The van der Waals surface area contributed by atoms with Crippen molar-refractivity contribution in [2.24, 2.45) is 0 Å². The van der Waals surface area contributed by atoms with Crippen molar-refractivity contribution >= 4 is 5.65 Å². The zero-order valence-corrected chi connectivity index (χ0v) is 14.4. The van der Waals surface area contributed by atoms with E-state index in [0.29, 0.717) is 0 Å². The van der Waals surface area contributed by atoms with Crippen molar-refractivity contribution in [3.05, 3.63) is 65.6 Å². The minimum atomic E-state index is 0.0223. The molecular formula is C20H24N4. The smallest absolute Gasteiger partial charge is 0.155 e. The van der Waals surface area contributed by atoms with Crippen LogP contribution in [0.4, 0.5) is 0 Å². The van der Waals surface area contributed by atoms with E-state index in [9.17, 15) is 0 Å². The molecule has 4 nitrogen and oxygen atoms in total. The van der Waals surface area contributed by atoms with Crippen LogP contribution in [-0.2, 0) is 12.0 Å². The first-order valence-corrected chi connectivity index (χ1v) is 8.78. The lowest BCUT2D eigenvalue weighted by Gasteiger charge is -2.35. The Balaban J connectivity index is 1.64. The second kappa shape index (κ2) is 6.02. The van der Waals surface area contributed by atoms with Gasteiger partial charge in [0.1, 0.15) is 0 Å². The molecule has 0 bridgehead atoms. The maximum Gasteiger partial charge on any atom is 0.155 e. The van der Waals surface area contributed by atoms with Crippen LogP contribution in [0, 0.1) is 6.92 Å². The molecule has 0 unspecified atom stereocenters. The third-order valence-electron chi connectivity index (χ3n) is 5.33. The van der Waals surface area contributed by atoms with Gasteiger partial charge in [0, 0.05) is 18.8 Å². The number of nitrogens with zero attached hydrogens (tertiary/aromatic N) is 4. The summed E-state index contributed by atoms with van der Waals surface area (Å²) >= 11 is 0. The third-order valence-corrected chi connectivity index (χ3v) is 5.33. The van der Waals surface area contributed by atoms with Crippen LogP contribution in [0.3, 0.4) is 0 Å². The van der Waals surface area contributed by atoms with Crippen LogP contribution < -0.4 is 0 Å². The van der Waals surface area contributed by atoms with Crippen LogP contribution >= 0.6 is 0 Å². The van der Waals surface area contributed by atoms with Crippen molar-refractivity contribution < 1.29 is 0 Å². The second-order valence-electron chi connectivity index (χ2n) is 6.99. The van der Waals surface area contributed by atoms with Crippen LogP contribution in [0.5, 0.6) is 0 Å². The average molecular weight is 320 g/mol. The van der Waals surface area contributed by atoms with Gasteiger partial charge in [0.15, 0.2) is 5.65 Å². The van der Waals surface area contributed by atoms with E-state index >= 15 is 0 Å². The van der Waals surface area contributed by atoms with E-state index in [1.54, 1.807) is 0 Å². The summed E-state index contributed by atoms with van der Waals surface area (Å²) in [7, 11) is 0. The molecule has 2 aromatic heterocycles. The normalized spacial score (nSPS) is 21.6. The predicted octanol–water partition coefficient (Wildman–Crippen LogP) is 3.59. The summed E-state index contributed by atoms with van der Waals surface area (Å²) in [6, 6.07) is 15.0. The quantitative estimate of drug-likeness (QED) is 0.736. The Morgan fingerprint density at radius 3 is 2.83 bits per heavy atom. The van der Waals surface area contributed by atoms with Gasteiger partial charge in [-0.05, 0) is 51.3 Å². The number of hydrogen-bond donors (Lipinski definition) is 0. The van der Waals surface area contributed by atoms with Crippen molar-refractivity contribution in [3.8, 4) is 0 Å². The maximum atomic E-state index is 4.68. The Labute approximate surface area is 143 Å². The summed E-state index contributed by atoms with van der Waals surface area (Å²) in [4.78, 5) is 7.08. The van der Waals surface area contributed by atoms with Crippen LogP contribution in [0.25, 0.3) is 5.65 Å². The van der Waals surface area contributed by atoms with Gasteiger partial charge in [-0.1, -0.05) is 30.3 Å². The molecule has 1 atom stereocenters. The molecule has 1 fully saturated rings. The van der Waals surface area contributed by atoms with Gasteiger partial charge in [-0.3, -0.25) is 4.90 Å². The van der Waals surface area contributed by atoms with E-state index in [4.69, 9.17) is 0 Å². The van der Waals surface area contributed by atoms with Gasteiger partial charge in [0.2, 0.25) is 0 Å². The first-order valence-electron chi connectivity index (χ1n) is 8.78. The number of fused-ring (bicyclic) bond motifs is 1. The highest BCUT2D eigenvalue weighted by molar-refractivity contribution is 5.41. The fourth-order valence-electron chi connectivity index (χ4n) is 3.99. The van der Waals surface area contributed by atoms with E-state index in [2.05, 4.69) is 64.4 Å². The molecule has 3 aromatic rings.